The molecule has 0 radical (unpaired) electrons. The number of aliphatic hydroxyl groups is 3. The van der Waals surface area contributed by atoms with Crippen LogP contribution in [-0.4, -0.2) is 47.2 Å². The minimum absolute atomic E-state index is 0.288. The van der Waals surface area contributed by atoms with Gasteiger partial charge in [0.05, 0.1) is 19.8 Å². The third kappa shape index (κ3) is 5.77. The normalized spacial score (nSPS) is 14.1. The Bertz CT molecular complexity index is 152. The Morgan fingerprint density at radius 1 is 1.06 bits per heavy atom. The maximum absolute atomic E-state index is 9.88. The summed E-state index contributed by atoms with van der Waals surface area (Å²) in [5, 5.41) is 28.1. The van der Waals surface area contributed by atoms with Crippen LogP contribution in [0.25, 0.3) is 0 Å². The van der Waals surface area contributed by atoms with E-state index in [2.05, 4.69) is 0 Å². The van der Waals surface area contributed by atoms with Gasteiger partial charge >= 0.3 is 5.97 Å². The molecule has 0 amide bonds. The lowest BCUT2D eigenvalue weighted by molar-refractivity contribution is -0.398. The molecule has 0 aromatic rings. The minimum atomic E-state index is -2.08. The number of aliphatic hydroxyl groups excluding tert-OH is 2. The fourth-order valence-electron chi connectivity index (χ4n) is 1.07. The van der Waals surface area contributed by atoms with E-state index in [-0.39, 0.29) is 13.2 Å². The average molecular weight is 236 g/mol. The molecule has 0 saturated heterocycles. The van der Waals surface area contributed by atoms with Crippen molar-refractivity contribution in [3.63, 3.8) is 0 Å². The molecule has 0 heterocycles. The van der Waals surface area contributed by atoms with Crippen molar-refractivity contribution in [1.29, 1.82) is 0 Å². The van der Waals surface area contributed by atoms with E-state index in [9.17, 15) is 10.2 Å². The van der Waals surface area contributed by atoms with Gasteiger partial charge in [-0.25, -0.2) is 0 Å². The van der Waals surface area contributed by atoms with Gasteiger partial charge in [-0.2, -0.15) is 0 Å². The van der Waals surface area contributed by atoms with Crippen LogP contribution in [0, 0.1) is 0 Å². The lowest BCUT2D eigenvalue weighted by Gasteiger charge is -2.31. The van der Waals surface area contributed by atoms with Crippen LogP contribution in [0.3, 0.4) is 0 Å². The Morgan fingerprint density at radius 3 is 1.81 bits per heavy atom. The van der Waals surface area contributed by atoms with Gasteiger partial charge in [0.15, 0.2) is 6.10 Å². The van der Waals surface area contributed by atoms with Gasteiger partial charge in [-0.3, -0.25) is 0 Å². The van der Waals surface area contributed by atoms with Crippen molar-refractivity contribution in [2.24, 2.45) is 0 Å². The van der Waals surface area contributed by atoms with Gasteiger partial charge in [-0.1, -0.05) is 26.7 Å². The minimum Gasteiger partial charge on any atom is -0.393 e. The second-order valence-electron chi connectivity index (χ2n) is 3.73. The fourth-order valence-corrected chi connectivity index (χ4v) is 1.07. The van der Waals surface area contributed by atoms with Crippen LogP contribution >= 0.6 is 0 Å². The van der Waals surface area contributed by atoms with Crippen LogP contribution in [0.1, 0.15) is 39.5 Å². The molecule has 98 valence electrons. The maximum atomic E-state index is 9.88. The molecule has 0 aliphatic carbocycles. The Kier molecular flexibility index (Phi) is 8.78. The molecule has 16 heavy (non-hydrogen) atoms. The molecule has 0 aliphatic rings. The highest BCUT2D eigenvalue weighted by molar-refractivity contribution is 4.66. The van der Waals surface area contributed by atoms with Crippen LogP contribution in [0.2, 0.25) is 0 Å². The first-order chi connectivity index (χ1) is 7.60. The highest BCUT2D eigenvalue weighted by Crippen LogP contribution is 2.16. The number of rotatable bonds is 10. The van der Waals surface area contributed by atoms with Gasteiger partial charge in [-0.15, -0.1) is 0 Å². The maximum Gasteiger partial charge on any atom is 0.310 e. The van der Waals surface area contributed by atoms with Crippen molar-refractivity contribution in [2.75, 3.05) is 19.8 Å². The van der Waals surface area contributed by atoms with E-state index >= 15 is 0 Å². The van der Waals surface area contributed by atoms with E-state index in [0.717, 1.165) is 25.7 Å². The molecular weight excluding hydrogens is 212 g/mol. The molecule has 0 spiro atoms. The third-order valence-corrected chi connectivity index (χ3v) is 2.21. The van der Waals surface area contributed by atoms with E-state index < -0.39 is 18.7 Å². The molecule has 0 rings (SSSR count). The summed E-state index contributed by atoms with van der Waals surface area (Å²) in [4.78, 5) is 0. The van der Waals surface area contributed by atoms with Crippen molar-refractivity contribution >= 4 is 0 Å². The first-order valence-electron chi connectivity index (χ1n) is 5.89. The van der Waals surface area contributed by atoms with E-state index in [1.807, 2.05) is 13.8 Å². The molecular formula is C11H24O5. The largest absolute Gasteiger partial charge is 0.393 e. The second kappa shape index (κ2) is 8.90. The summed E-state index contributed by atoms with van der Waals surface area (Å²) in [7, 11) is 0. The Morgan fingerprint density at radius 2 is 1.50 bits per heavy atom. The van der Waals surface area contributed by atoms with E-state index in [4.69, 9.17) is 14.6 Å². The first-order valence-corrected chi connectivity index (χ1v) is 5.89. The molecule has 5 nitrogen and oxygen atoms in total. The Balaban J connectivity index is 4.13. The molecule has 0 bridgehead atoms. The van der Waals surface area contributed by atoms with Gasteiger partial charge < -0.3 is 24.8 Å². The third-order valence-electron chi connectivity index (χ3n) is 2.21. The summed E-state index contributed by atoms with van der Waals surface area (Å²) >= 11 is 0. The number of ether oxygens (including phenoxy) is 2. The van der Waals surface area contributed by atoms with Crippen LogP contribution in [-0.2, 0) is 9.47 Å². The zero-order valence-electron chi connectivity index (χ0n) is 10.2. The summed E-state index contributed by atoms with van der Waals surface area (Å²) in [6.45, 7) is 3.95. The van der Waals surface area contributed by atoms with Crippen LogP contribution in [0.4, 0.5) is 0 Å². The van der Waals surface area contributed by atoms with Gasteiger partial charge in [0.25, 0.3) is 0 Å². The molecule has 1 unspecified atom stereocenters. The van der Waals surface area contributed by atoms with Gasteiger partial charge in [0.1, 0.15) is 0 Å². The zero-order valence-corrected chi connectivity index (χ0v) is 10.2. The van der Waals surface area contributed by atoms with E-state index in [1.54, 1.807) is 0 Å². The number of hydrogen-bond acceptors (Lipinski definition) is 5. The Hall–Kier alpha value is -0.200. The highest BCUT2D eigenvalue weighted by atomic mass is 16.8. The van der Waals surface area contributed by atoms with Crippen LogP contribution in [0.5, 0.6) is 0 Å². The predicted octanol–water partition coefficient (Wildman–Crippen LogP) is 0.619. The lowest BCUT2D eigenvalue weighted by Crippen LogP contribution is -2.49. The topological polar surface area (TPSA) is 79.2 Å². The SMILES string of the molecule is CCCCOC(O)(OCCCC)C(O)CO. The monoisotopic (exact) mass is 236 g/mol. The quantitative estimate of drug-likeness (QED) is 0.383. The fraction of sp³-hybridized carbons (Fsp3) is 1.00. The summed E-state index contributed by atoms with van der Waals surface area (Å²) in [5.74, 6) is -2.08. The smallest absolute Gasteiger partial charge is 0.310 e. The first kappa shape index (κ1) is 15.8. The van der Waals surface area contributed by atoms with E-state index in [1.165, 1.54) is 0 Å². The molecule has 0 aromatic heterocycles. The standard InChI is InChI=1S/C11H24O5/c1-3-5-7-15-11(14,10(13)9-12)16-8-6-4-2/h10,12-14H,3-9H2,1-2H3. The van der Waals surface area contributed by atoms with Crippen LogP contribution in [0.15, 0.2) is 0 Å². The summed E-state index contributed by atoms with van der Waals surface area (Å²) < 4.78 is 10.2. The molecule has 3 N–H and O–H groups in total. The Labute approximate surface area is 97.0 Å². The molecule has 0 aromatic carbocycles. The number of unbranched alkanes of at least 4 members (excludes halogenated alkanes) is 2. The second-order valence-corrected chi connectivity index (χ2v) is 3.73. The summed E-state index contributed by atoms with van der Waals surface area (Å²) in [6, 6.07) is 0. The van der Waals surface area contributed by atoms with Gasteiger partial charge in [0.2, 0.25) is 0 Å². The van der Waals surface area contributed by atoms with Crippen molar-refractivity contribution in [2.45, 2.75) is 51.6 Å². The highest BCUT2D eigenvalue weighted by Gasteiger charge is 2.37. The lowest BCUT2D eigenvalue weighted by atomic mass is 10.3. The molecule has 1 atom stereocenters. The van der Waals surface area contributed by atoms with Gasteiger partial charge in [0, 0.05) is 0 Å². The van der Waals surface area contributed by atoms with Gasteiger partial charge in [-0.05, 0) is 12.8 Å². The molecule has 0 aliphatic heterocycles. The number of hydrogen-bond donors (Lipinski definition) is 3. The summed E-state index contributed by atoms with van der Waals surface area (Å²) in [5.41, 5.74) is 0. The zero-order chi connectivity index (χ0) is 12.4. The van der Waals surface area contributed by atoms with Crippen molar-refractivity contribution in [3.05, 3.63) is 0 Å². The predicted molar refractivity (Wildman–Crippen MR) is 59.8 cm³/mol. The van der Waals surface area contributed by atoms with Crippen molar-refractivity contribution in [1.82, 2.24) is 0 Å². The molecule has 0 saturated carbocycles. The molecule has 0 fully saturated rings. The van der Waals surface area contributed by atoms with Crippen molar-refractivity contribution < 1.29 is 24.8 Å². The van der Waals surface area contributed by atoms with E-state index in [0.29, 0.717) is 0 Å². The average Bonchev–Trinajstić information content (AvgIpc) is 2.28. The molecule has 5 heteroatoms. The van der Waals surface area contributed by atoms with Crippen LogP contribution < -0.4 is 0 Å². The van der Waals surface area contributed by atoms with Crippen molar-refractivity contribution in [3.8, 4) is 0 Å². The summed E-state index contributed by atoms with van der Waals surface area (Å²) in [6.07, 6.45) is 1.91.